The number of hydrogen-bond donors (Lipinski definition) is 3. The molecular weight excluding hydrogens is 272 g/mol. The summed E-state index contributed by atoms with van der Waals surface area (Å²) >= 11 is 0. The minimum absolute atomic E-state index is 0.00678. The lowest BCUT2D eigenvalue weighted by molar-refractivity contribution is -0.151. The molecule has 4 N–H and O–H groups in total. The van der Waals surface area contributed by atoms with E-state index in [4.69, 9.17) is 10.8 Å². The summed E-state index contributed by atoms with van der Waals surface area (Å²) in [5.74, 6) is -1.25. The summed E-state index contributed by atoms with van der Waals surface area (Å²) < 4.78 is 0. The molecule has 114 valence electrons. The Kier molecular flexibility index (Phi) is 4.47. The monoisotopic (exact) mass is 292 g/mol. The first-order valence-electron chi connectivity index (χ1n) is 6.93. The van der Waals surface area contributed by atoms with Crippen molar-refractivity contribution in [2.24, 2.45) is 17.6 Å². The van der Waals surface area contributed by atoms with Gasteiger partial charge in [-0.15, -0.1) is 0 Å². The summed E-state index contributed by atoms with van der Waals surface area (Å²) in [6, 6.07) is 5.93. The molecule has 1 aromatic rings. The van der Waals surface area contributed by atoms with Crippen LogP contribution in [0.5, 0.6) is 5.75 Å². The molecule has 1 saturated heterocycles. The predicted octanol–water partition coefficient (Wildman–Crippen LogP) is 0.441. The first-order chi connectivity index (χ1) is 9.88. The van der Waals surface area contributed by atoms with Crippen molar-refractivity contribution in [1.29, 1.82) is 0 Å². The molecule has 0 aliphatic carbocycles. The van der Waals surface area contributed by atoms with Crippen LogP contribution in [0.3, 0.4) is 0 Å². The number of carbonyl (C=O) groups is 2. The Balaban J connectivity index is 1.84. The maximum atomic E-state index is 12.1. The number of phenolic OH excluding ortho intramolecular Hbond substituents is 1. The highest BCUT2D eigenvalue weighted by Crippen LogP contribution is 2.24. The Labute approximate surface area is 123 Å². The Bertz CT molecular complexity index is 523. The van der Waals surface area contributed by atoms with Crippen LogP contribution in [-0.2, 0) is 16.0 Å². The molecule has 1 aliphatic rings. The molecule has 1 heterocycles. The fourth-order valence-corrected chi connectivity index (χ4v) is 2.42. The zero-order valence-corrected chi connectivity index (χ0v) is 11.9. The van der Waals surface area contributed by atoms with Crippen molar-refractivity contribution >= 4 is 11.9 Å². The second-order valence-electron chi connectivity index (χ2n) is 5.61. The SMILES string of the molecule is CC(C(=O)O)C1CN(C(=O)[C@H](N)Cc2ccc(O)cc2)C1. The van der Waals surface area contributed by atoms with Crippen LogP contribution in [0.15, 0.2) is 24.3 Å². The molecule has 1 unspecified atom stereocenters. The van der Waals surface area contributed by atoms with Crippen LogP contribution in [0.1, 0.15) is 12.5 Å². The summed E-state index contributed by atoms with van der Waals surface area (Å²) in [4.78, 5) is 24.6. The van der Waals surface area contributed by atoms with Gasteiger partial charge in [0.25, 0.3) is 0 Å². The molecule has 0 aromatic heterocycles. The molecular formula is C15H20N2O4. The molecule has 0 spiro atoms. The highest BCUT2D eigenvalue weighted by atomic mass is 16.4. The number of aliphatic carboxylic acids is 1. The molecule has 6 heteroatoms. The Morgan fingerprint density at radius 3 is 2.43 bits per heavy atom. The minimum atomic E-state index is -0.833. The number of carboxylic acid groups (broad SMARTS) is 1. The Morgan fingerprint density at radius 2 is 1.90 bits per heavy atom. The number of amides is 1. The van der Waals surface area contributed by atoms with Gasteiger partial charge in [-0.2, -0.15) is 0 Å². The summed E-state index contributed by atoms with van der Waals surface area (Å²) in [7, 11) is 0. The van der Waals surface area contributed by atoms with Crippen molar-refractivity contribution in [3.05, 3.63) is 29.8 Å². The molecule has 21 heavy (non-hydrogen) atoms. The van der Waals surface area contributed by atoms with Gasteiger partial charge >= 0.3 is 5.97 Å². The molecule has 0 radical (unpaired) electrons. The standard InChI is InChI=1S/C15H20N2O4/c1-9(15(20)21)11-7-17(8-11)14(19)13(16)6-10-2-4-12(18)5-3-10/h2-5,9,11,13,18H,6-8,16H2,1H3,(H,20,21)/t9?,13-/m1/s1. The van der Waals surface area contributed by atoms with Crippen LogP contribution in [0, 0.1) is 11.8 Å². The number of nitrogens with zero attached hydrogens (tertiary/aromatic N) is 1. The van der Waals surface area contributed by atoms with Gasteiger partial charge in [0.2, 0.25) is 5.91 Å². The Hall–Kier alpha value is -2.08. The normalized spacial score (nSPS) is 17.9. The number of carbonyl (C=O) groups excluding carboxylic acids is 1. The van der Waals surface area contributed by atoms with E-state index in [0.717, 1.165) is 5.56 Å². The lowest BCUT2D eigenvalue weighted by Crippen LogP contribution is -2.58. The fourth-order valence-electron chi connectivity index (χ4n) is 2.42. The van der Waals surface area contributed by atoms with Crippen molar-refractivity contribution in [3.63, 3.8) is 0 Å². The molecule has 2 atom stereocenters. The number of benzene rings is 1. The van der Waals surface area contributed by atoms with Crippen LogP contribution in [0.2, 0.25) is 0 Å². The lowest BCUT2D eigenvalue weighted by atomic mass is 9.86. The number of likely N-dealkylation sites (tertiary alicyclic amines) is 1. The van der Waals surface area contributed by atoms with Crippen LogP contribution in [0.4, 0.5) is 0 Å². The van der Waals surface area contributed by atoms with E-state index in [9.17, 15) is 14.7 Å². The van der Waals surface area contributed by atoms with Gasteiger partial charge in [-0.05, 0) is 24.1 Å². The van der Waals surface area contributed by atoms with Crippen molar-refractivity contribution < 1.29 is 19.8 Å². The van der Waals surface area contributed by atoms with E-state index in [0.29, 0.717) is 19.5 Å². The average molecular weight is 292 g/mol. The van der Waals surface area contributed by atoms with Crippen LogP contribution < -0.4 is 5.73 Å². The Morgan fingerprint density at radius 1 is 1.33 bits per heavy atom. The van der Waals surface area contributed by atoms with Crippen molar-refractivity contribution in [2.45, 2.75) is 19.4 Å². The van der Waals surface area contributed by atoms with E-state index in [-0.39, 0.29) is 17.6 Å². The van der Waals surface area contributed by atoms with Gasteiger partial charge in [0.1, 0.15) is 5.75 Å². The summed E-state index contributed by atoms with van der Waals surface area (Å²) in [5, 5.41) is 18.1. The molecule has 1 aromatic carbocycles. The molecule has 0 bridgehead atoms. The maximum Gasteiger partial charge on any atom is 0.306 e. The van der Waals surface area contributed by atoms with Crippen molar-refractivity contribution in [2.75, 3.05) is 13.1 Å². The van der Waals surface area contributed by atoms with Gasteiger partial charge in [0.15, 0.2) is 0 Å². The first-order valence-corrected chi connectivity index (χ1v) is 6.93. The van der Waals surface area contributed by atoms with Crippen LogP contribution >= 0.6 is 0 Å². The van der Waals surface area contributed by atoms with E-state index < -0.39 is 17.9 Å². The van der Waals surface area contributed by atoms with E-state index in [1.165, 1.54) is 0 Å². The molecule has 0 saturated carbocycles. The molecule has 1 aliphatic heterocycles. The number of phenols is 1. The maximum absolute atomic E-state index is 12.1. The highest BCUT2D eigenvalue weighted by Gasteiger charge is 2.38. The van der Waals surface area contributed by atoms with Gasteiger partial charge in [-0.1, -0.05) is 19.1 Å². The van der Waals surface area contributed by atoms with E-state index in [1.807, 2.05) is 0 Å². The molecule has 2 rings (SSSR count). The van der Waals surface area contributed by atoms with E-state index in [2.05, 4.69) is 0 Å². The second-order valence-corrected chi connectivity index (χ2v) is 5.61. The third kappa shape index (κ3) is 3.52. The van der Waals surface area contributed by atoms with E-state index >= 15 is 0 Å². The fraction of sp³-hybridized carbons (Fsp3) is 0.467. The van der Waals surface area contributed by atoms with E-state index in [1.54, 1.807) is 36.1 Å². The smallest absolute Gasteiger partial charge is 0.306 e. The van der Waals surface area contributed by atoms with Gasteiger partial charge in [-0.3, -0.25) is 9.59 Å². The minimum Gasteiger partial charge on any atom is -0.508 e. The number of aromatic hydroxyl groups is 1. The summed E-state index contributed by atoms with van der Waals surface area (Å²) in [5.41, 5.74) is 6.79. The number of hydrogen-bond acceptors (Lipinski definition) is 4. The number of carboxylic acids is 1. The molecule has 1 amide bonds. The average Bonchev–Trinajstić information content (AvgIpc) is 2.39. The van der Waals surface area contributed by atoms with Gasteiger partial charge in [0.05, 0.1) is 12.0 Å². The number of nitrogens with two attached hydrogens (primary N) is 1. The van der Waals surface area contributed by atoms with Gasteiger partial charge in [-0.25, -0.2) is 0 Å². The van der Waals surface area contributed by atoms with Gasteiger partial charge in [0, 0.05) is 19.0 Å². The van der Waals surface area contributed by atoms with Crippen molar-refractivity contribution in [3.8, 4) is 5.75 Å². The van der Waals surface area contributed by atoms with Crippen LogP contribution in [-0.4, -0.2) is 46.1 Å². The van der Waals surface area contributed by atoms with Gasteiger partial charge < -0.3 is 20.8 Å². The zero-order valence-electron chi connectivity index (χ0n) is 11.9. The first kappa shape index (κ1) is 15.3. The topological polar surface area (TPSA) is 104 Å². The largest absolute Gasteiger partial charge is 0.508 e. The zero-order chi connectivity index (χ0) is 15.6. The molecule has 6 nitrogen and oxygen atoms in total. The lowest BCUT2D eigenvalue weighted by Gasteiger charge is -2.42. The number of rotatable bonds is 5. The second kappa shape index (κ2) is 6.13. The summed E-state index contributed by atoms with van der Waals surface area (Å²) in [6.07, 6.45) is 0.398. The highest BCUT2D eigenvalue weighted by molar-refractivity contribution is 5.83. The quantitative estimate of drug-likeness (QED) is 0.730. The third-order valence-corrected chi connectivity index (χ3v) is 4.03. The van der Waals surface area contributed by atoms with Crippen LogP contribution in [0.25, 0.3) is 0 Å². The predicted molar refractivity (Wildman–Crippen MR) is 76.7 cm³/mol. The van der Waals surface area contributed by atoms with Crippen molar-refractivity contribution in [1.82, 2.24) is 4.90 Å². The molecule has 1 fully saturated rings. The summed E-state index contributed by atoms with van der Waals surface area (Å²) in [6.45, 7) is 2.57. The third-order valence-electron chi connectivity index (χ3n) is 4.03.